The largest absolute Gasteiger partial charge is 0.0643 e. The third-order valence-corrected chi connectivity index (χ3v) is 5.85. The molecule has 1 aromatic carbocycles. The van der Waals surface area contributed by atoms with Gasteiger partial charge >= 0.3 is 0 Å². The zero-order valence-electron chi connectivity index (χ0n) is 11.2. The first kappa shape index (κ1) is 16.3. The van der Waals surface area contributed by atoms with Crippen LogP contribution in [0.4, 0.5) is 0 Å². The van der Waals surface area contributed by atoms with Crippen molar-refractivity contribution in [2.24, 2.45) is 0 Å². The maximum absolute atomic E-state index is 2.36. The molecule has 1 rings (SSSR count). The van der Waals surface area contributed by atoms with Gasteiger partial charge in [0.1, 0.15) is 0 Å². The zero-order chi connectivity index (χ0) is 11.7. The molecular weight excluding hydrogens is 306 g/mol. The van der Waals surface area contributed by atoms with Crippen molar-refractivity contribution in [1.82, 2.24) is 0 Å². The van der Waals surface area contributed by atoms with Crippen molar-refractivity contribution in [3.63, 3.8) is 0 Å². The Morgan fingerprint density at radius 1 is 0.750 bits per heavy atom. The number of rotatable bonds is 1. The Morgan fingerprint density at radius 2 is 1.12 bits per heavy atom. The Hall–Kier alpha value is 0.312. The van der Waals surface area contributed by atoms with Crippen LogP contribution in [-0.4, -0.2) is 10.3 Å². The van der Waals surface area contributed by atoms with Crippen LogP contribution in [0, 0.1) is 0 Å². The smallest absolute Gasteiger partial charge is 0 e. The maximum Gasteiger partial charge on any atom is 0 e. The molecule has 0 atom stereocenters. The van der Waals surface area contributed by atoms with Gasteiger partial charge in [0.05, 0.1) is 0 Å². The van der Waals surface area contributed by atoms with Crippen LogP contribution in [0.25, 0.3) is 0 Å². The molecule has 0 bridgehead atoms. The van der Waals surface area contributed by atoms with Crippen molar-refractivity contribution < 1.29 is 20.4 Å². The van der Waals surface area contributed by atoms with E-state index in [9.17, 15) is 0 Å². The molecule has 0 aliphatic carbocycles. The molecule has 0 spiro atoms. The zero-order valence-corrected chi connectivity index (χ0v) is 13.6. The maximum atomic E-state index is 2.36. The van der Waals surface area contributed by atoms with Gasteiger partial charge in [-0.25, -0.2) is 0 Å². The van der Waals surface area contributed by atoms with Crippen LogP contribution in [0.3, 0.4) is 0 Å². The average Bonchev–Trinajstić information content (AvgIpc) is 2.00. The molecule has 0 amide bonds. The summed E-state index contributed by atoms with van der Waals surface area (Å²) in [5.41, 5.74) is 0. The van der Waals surface area contributed by atoms with E-state index in [1.807, 2.05) is 0 Å². The molecule has 0 heterocycles. The molecular formula is C14H23PPd. The van der Waals surface area contributed by atoms with Crippen molar-refractivity contribution in [3.05, 3.63) is 30.3 Å². The monoisotopic (exact) mass is 328 g/mol. The van der Waals surface area contributed by atoms with Gasteiger partial charge in [-0.2, -0.15) is 0 Å². The molecule has 0 unspecified atom stereocenters. The van der Waals surface area contributed by atoms with Gasteiger partial charge in [-0.1, -0.05) is 79.8 Å². The Morgan fingerprint density at radius 3 is 1.44 bits per heavy atom. The summed E-state index contributed by atoms with van der Waals surface area (Å²) in [6, 6.07) is 11.0. The van der Waals surface area contributed by atoms with Crippen LogP contribution in [0.2, 0.25) is 0 Å². The second-order valence-corrected chi connectivity index (χ2v) is 9.88. The van der Waals surface area contributed by atoms with Gasteiger partial charge < -0.3 is 0 Å². The van der Waals surface area contributed by atoms with E-state index in [1.54, 1.807) is 0 Å². The van der Waals surface area contributed by atoms with Gasteiger partial charge in [-0.3, -0.25) is 0 Å². The minimum Gasteiger partial charge on any atom is -0.0643 e. The molecule has 0 nitrogen and oxygen atoms in total. The number of benzene rings is 1. The molecule has 0 aliphatic heterocycles. The number of hydrogen-bond donors (Lipinski definition) is 0. The van der Waals surface area contributed by atoms with Crippen LogP contribution in [0.1, 0.15) is 41.5 Å². The molecule has 0 radical (unpaired) electrons. The molecule has 1 aromatic rings. The first-order chi connectivity index (χ1) is 6.73. The van der Waals surface area contributed by atoms with Crippen LogP contribution >= 0.6 is 7.92 Å². The fourth-order valence-electron chi connectivity index (χ4n) is 2.36. The van der Waals surface area contributed by atoms with Gasteiger partial charge in [-0.05, 0) is 15.6 Å². The molecule has 2 heteroatoms. The van der Waals surface area contributed by atoms with E-state index in [0.717, 1.165) is 0 Å². The van der Waals surface area contributed by atoms with Crippen molar-refractivity contribution in [1.29, 1.82) is 0 Å². The molecule has 0 N–H and O–H groups in total. The molecule has 0 fully saturated rings. The summed E-state index contributed by atoms with van der Waals surface area (Å²) >= 11 is 0. The normalized spacial score (nSPS) is 12.4. The fraction of sp³-hybridized carbons (Fsp3) is 0.571. The minimum atomic E-state index is -0.138. The van der Waals surface area contributed by atoms with Crippen LogP contribution in [0.5, 0.6) is 0 Å². The average molecular weight is 329 g/mol. The topological polar surface area (TPSA) is 0 Å². The first-order valence-electron chi connectivity index (χ1n) is 5.58. The third kappa shape index (κ3) is 4.29. The first-order valence-corrected chi connectivity index (χ1v) is 6.92. The summed E-state index contributed by atoms with van der Waals surface area (Å²) in [5.74, 6) is 0. The Bertz CT molecular complexity index is 292. The van der Waals surface area contributed by atoms with E-state index >= 15 is 0 Å². The summed E-state index contributed by atoms with van der Waals surface area (Å²) in [5, 5.41) is 2.26. The fourth-order valence-corrected chi connectivity index (χ4v) is 6.39. The van der Waals surface area contributed by atoms with Crippen LogP contribution in [-0.2, 0) is 20.4 Å². The summed E-state index contributed by atoms with van der Waals surface area (Å²) in [4.78, 5) is 0. The standard InChI is InChI=1S/C14H23P.Pd/c1-13(2,3)15(14(4,5)6)12-10-8-7-9-11-12;/h7-11H,1-6H3;. The van der Waals surface area contributed by atoms with Gasteiger partial charge in [0.15, 0.2) is 0 Å². The molecule has 0 aliphatic rings. The second kappa shape index (κ2) is 5.77. The Kier molecular flexibility index (Phi) is 5.88. The molecule has 16 heavy (non-hydrogen) atoms. The third-order valence-electron chi connectivity index (χ3n) is 2.36. The Labute approximate surface area is 116 Å². The summed E-state index contributed by atoms with van der Waals surface area (Å²) in [6.45, 7) is 14.1. The minimum absolute atomic E-state index is 0. The predicted molar refractivity (Wildman–Crippen MR) is 72.5 cm³/mol. The number of hydrogen-bond acceptors (Lipinski definition) is 0. The molecule has 0 saturated carbocycles. The van der Waals surface area contributed by atoms with E-state index in [1.165, 1.54) is 5.30 Å². The quantitative estimate of drug-likeness (QED) is 0.530. The van der Waals surface area contributed by atoms with Gasteiger partial charge in [0.25, 0.3) is 0 Å². The van der Waals surface area contributed by atoms with Gasteiger partial charge in [0.2, 0.25) is 0 Å². The van der Waals surface area contributed by atoms with Crippen LogP contribution < -0.4 is 5.30 Å². The van der Waals surface area contributed by atoms with E-state index in [-0.39, 0.29) is 28.3 Å². The van der Waals surface area contributed by atoms with Gasteiger partial charge in [0, 0.05) is 20.4 Å². The van der Waals surface area contributed by atoms with Crippen LogP contribution in [0.15, 0.2) is 30.3 Å². The van der Waals surface area contributed by atoms with Crippen molar-refractivity contribution >= 4 is 13.2 Å². The van der Waals surface area contributed by atoms with E-state index < -0.39 is 0 Å². The van der Waals surface area contributed by atoms with Crippen molar-refractivity contribution in [2.75, 3.05) is 0 Å². The summed E-state index contributed by atoms with van der Waals surface area (Å²) in [6.07, 6.45) is 0. The van der Waals surface area contributed by atoms with Crippen molar-refractivity contribution in [3.8, 4) is 0 Å². The van der Waals surface area contributed by atoms with Gasteiger partial charge in [-0.15, -0.1) is 0 Å². The van der Waals surface area contributed by atoms with Crippen molar-refractivity contribution in [2.45, 2.75) is 51.9 Å². The summed E-state index contributed by atoms with van der Waals surface area (Å²) < 4.78 is 0. The molecule has 0 aromatic heterocycles. The Balaban J connectivity index is 0.00000225. The predicted octanol–water partition coefficient (Wildman–Crippen LogP) is 4.39. The molecule has 94 valence electrons. The summed E-state index contributed by atoms with van der Waals surface area (Å²) in [7, 11) is -0.138. The molecule has 0 saturated heterocycles. The second-order valence-electron chi connectivity index (χ2n) is 6.01. The SMILES string of the molecule is CC(C)(C)P(c1ccccc1)C(C)(C)C.[Pd]. The van der Waals surface area contributed by atoms with E-state index in [0.29, 0.717) is 10.3 Å². The van der Waals surface area contributed by atoms with E-state index in [2.05, 4.69) is 71.9 Å². The van der Waals surface area contributed by atoms with E-state index in [4.69, 9.17) is 0 Å².